The van der Waals surface area contributed by atoms with Gasteiger partial charge in [-0.2, -0.15) is 0 Å². The van der Waals surface area contributed by atoms with Crippen molar-refractivity contribution in [2.24, 2.45) is 0 Å². The smallest absolute Gasteiger partial charge is 0.119 e. The Balaban J connectivity index is 2.31. The second-order valence-electron chi connectivity index (χ2n) is 4.44. The Morgan fingerprint density at radius 3 is 2.58 bits per heavy atom. The summed E-state index contributed by atoms with van der Waals surface area (Å²) in [6, 6.07) is 14.0. The van der Waals surface area contributed by atoms with Gasteiger partial charge in [-0.15, -0.1) is 0 Å². The van der Waals surface area contributed by atoms with Gasteiger partial charge in [-0.05, 0) is 46.5 Å². The third-order valence-electron chi connectivity index (χ3n) is 3.25. The summed E-state index contributed by atoms with van der Waals surface area (Å²) in [4.78, 5) is 0. The van der Waals surface area contributed by atoms with Crippen LogP contribution >= 0.6 is 0 Å². The monoisotopic (exact) mass is 250 g/mol. The topological polar surface area (TPSA) is 29.5 Å². The molecule has 0 bridgehead atoms. The second-order valence-corrected chi connectivity index (χ2v) is 4.44. The molecule has 1 aliphatic rings. The molecule has 0 fully saturated rings. The maximum Gasteiger partial charge on any atom is 0.119 e. The molecule has 1 aliphatic carbocycles. The van der Waals surface area contributed by atoms with Crippen molar-refractivity contribution in [1.82, 2.24) is 0 Å². The molecule has 1 N–H and O–H groups in total. The number of benzene rings is 2. The Kier molecular flexibility index (Phi) is 2.84. The van der Waals surface area contributed by atoms with E-state index >= 15 is 0 Å². The van der Waals surface area contributed by atoms with Gasteiger partial charge in [0.25, 0.3) is 0 Å². The highest BCUT2D eigenvalue weighted by molar-refractivity contribution is 5.85. The summed E-state index contributed by atoms with van der Waals surface area (Å²) < 4.78 is 5.29. The van der Waals surface area contributed by atoms with Crippen LogP contribution in [0.3, 0.4) is 0 Å². The van der Waals surface area contributed by atoms with Crippen LogP contribution in [0.1, 0.15) is 11.1 Å². The molecule has 94 valence electrons. The summed E-state index contributed by atoms with van der Waals surface area (Å²) in [7, 11) is 1.66. The van der Waals surface area contributed by atoms with E-state index in [0.717, 1.165) is 28.0 Å². The van der Waals surface area contributed by atoms with Crippen molar-refractivity contribution in [1.29, 1.82) is 0 Å². The van der Waals surface area contributed by atoms with Gasteiger partial charge in [0.1, 0.15) is 11.5 Å². The van der Waals surface area contributed by atoms with Crippen molar-refractivity contribution in [3.63, 3.8) is 0 Å². The molecule has 2 aromatic rings. The first-order valence-corrected chi connectivity index (χ1v) is 6.14. The van der Waals surface area contributed by atoms with Crippen molar-refractivity contribution in [2.75, 3.05) is 7.11 Å². The van der Waals surface area contributed by atoms with Crippen LogP contribution in [0.4, 0.5) is 0 Å². The summed E-state index contributed by atoms with van der Waals surface area (Å²) in [5.74, 6) is 1.06. The highest BCUT2D eigenvalue weighted by atomic mass is 16.5. The van der Waals surface area contributed by atoms with Gasteiger partial charge in [-0.25, -0.2) is 0 Å². The molecule has 0 spiro atoms. The third kappa shape index (κ3) is 2.13. The second kappa shape index (κ2) is 4.65. The Labute approximate surface area is 112 Å². The van der Waals surface area contributed by atoms with Crippen molar-refractivity contribution < 1.29 is 9.84 Å². The van der Waals surface area contributed by atoms with Gasteiger partial charge >= 0.3 is 0 Å². The Morgan fingerprint density at radius 2 is 1.74 bits per heavy atom. The molecule has 0 unspecified atom stereocenters. The zero-order chi connectivity index (χ0) is 13.2. The maximum atomic E-state index is 9.86. The molecule has 0 heterocycles. The number of allylic oxidation sites excluding steroid dienone is 1. The number of hydrogen-bond donors (Lipinski definition) is 1. The lowest BCUT2D eigenvalue weighted by atomic mass is 9.93. The van der Waals surface area contributed by atoms with Gasteiger partial charge in [0.05, 0.1) is 7.11 Å². The van der Waals surface area contributed by atoms with Crippen LogP contribution in [-0.2, 0) is 0 Å². The largest absolute Gasteiger partial charge is 0.508 e. The van der Waals surface area contributed by atoms with Crippen LogP contribution in [0.2, 0.25) is 0 Å². The highest BCUT2D eigenvalue weighted by Gasteiger charge is 2.11. The first kappa shape index (κ1) is 11.6. The van der Waals surface area contributed by atoms with Crippen LogP contribution in [0.15, 0.2) is 54.3 Å². The SMILES string of the molecule is COc1ccc2c(c1)-c1ccccc1/C=C\C(O)=C2. The van der Waals surface area contributed by atoms with Gasteiger partial charge in [0, 0.05) is 0 Å². The van der Waals surface area contributed by atoms with E-state index in [1.165, 1.54) is 0 Å². The maximum absolute atomic E-state index is 9.86. The first-order chi connectivity index (χ1) is 9.28. The van der Waals surface area contributed by atoms with E-state index in [-0.39, 0.29) is 5.76 Å². The molecule has 3 rings (SSSR count). The lowest BCUT2D eigenvalue weighted by Crippen LogP contribution is -1.92. The number of rotatable bonds is 1. The lowest BCUT2D eigenvalue weighted by Gasteiger charge is -2.13. The molecule has 0 amide bonds. The van der Waals surface area contributed by atoms with E-state index in [1.54, 1.807) is 19.3 Å². The molecule has 2 nitrogen and oxygen atoms in total. The third-order valence-corrected chi connectivity index (χ3v) is 3.25. The van der Waals surface area contributed by atoms with E-state index in [4.69, 9.17) is 4.74 Å². The normalized spacial score (nSPS) is 14.5. The van der Waals surface area contributed by atoms with Crippen LogP contribution in [-0.4, -0.2) is 12.2 Å². The molecule has 0 saturated carbocycles. The van der Waals surface area contributed by atoms with Gasteiger partial charge in [0.15, 0.2) is 0 Å². The molecule has 0 aliphatic heterocycles. The number of ether oxygens (including phenoxy) is 1. The van der Waals surface area contributed by atoms with Gasteiger partial charge in [0.2, 0.25) is 0 Å². The quantitative estimate of drug-likeness (QED) is 0.818. The van der Waals surface area contributed by atoms with Crippen LogP contribution in [0, 0.1) is 0 Å². The van der Waals surface area contributed by atoms with Gasteiger partial charge < -0.3 is 9.84 Å². The van der Waals surface area contributed by atoms with E-state index in [1.807, 2.05) is 42.5 Å². The van der Waals surface area contributed by atoms with Crippen molar-refractivity contribution >= 4 is 12.2 Å². The minimum Gasteiger partial charge on any atom is -0.508 e. The molecule has 2 aromatic carbocycles. The average Bonchev–Trinajstić information content (AvgIpc) is 2.44. The number of hydrogen-bond acceptors (Lipinski definition) is 2. The van der Waals surface area contributed by atoms with Gasteiger partial charge in [-0.3, -0.25) is 0 Å². The fourth-order valence-corrected chi connectivity index (χ4v) is 2.29. The van der Waals surface area contributed by atoms with Crippen LogP contribution < -0.4 is 4.74 Å². The molecule has 0 aromatic heterocycles. The number of aliphatic hydroxyl groups excluding tert-OH is 1. The highest BCUT2D eigenvalue weighted by Crippen LogP contribution is 2.33. The van der Waals surface area contributed by atoms with Gasteiger partial charge in [-0.1, -0.05) is 36.4 Å². The first-order valence-electron chi connectivity index (χ1n) is 6.14. The van der Waals surface area contributed by atoms with Crippen molar-refractivity contribution in [3.05, 3.63) is 65.4 Å². The molecule has 2 heteroatoms. The zero-order valence-corrected chi connectivity index (χ0v) is 10.6. The van der Waals surface area contributed by atoms with E-state index in [9.17, 15) is 5.11 Å². The fourth-order valence-electron chi connectivity index (χ4n) is 2.29. The van der Waals surface area contributed by atoms with E-state index in [2.05, 4.69) is 6.07 Å². The minimum atomic E-state index is 0.251. The molecular formula is C17H14O2. The summed E-state index contributed by atoms with van der Waals surface area (Å²) >= 11 is 0. The molecule has 0 saturated heterocycles. The lowest BCUT2D eigenvalue weighted by molar-refractivity contribution is 0.415. The molecular weight excluding hydrogens is 236 g/mol. The average molecular weight is 250 g/mol. The van der Waals surface area contributed by atoms with E-state index in [0.29, 0.717) is 0 Å². The summed E-state index contributed by atoms with van der Waals surface area (Å²) in [5.41, 5.74) is 4.26. The molecule has 19 heavy (non-hydrogen) atoms. The summed E-state index contributed by atoms with van der Waals surface area (Å²) in [5, 5.41) is 9.86. The summed E-state index contributed by atoms with van der Waals surface area (Å²) in [6.07, 6.45) is 5.40. The molecule has 0 radical (unpaired) electrons. The van der Waals surface area contributed by atoms with E-state index < -0.39 is 0 Å². The predicted octanol–water partition coefficient (Wildman–Crippen LogP) is 4.29. The van der Waals surface area contributed by atoms with Crippen LogP contribution in [0.5, 0.6) is 5.75 Å². The summed E-state index contributed by atoms with van der Waals surface area (Å²) in [6.45, 7) is 0. The van der Waals surface area contributed by atoms with Crippen molar-refractivity contribution in [2.45, 2.75) is 0 Å². The predicted molar refractivity (Wildman–Crippen MR) is 78.1 cm³/mol. The zero-order valence-electron chi connectivity index (χ0n) is 10.6. The Bertz CT molecular complexity index is 681. The minimum absolute atomic E-state index is 0.251. The fraction of sp³-hybridized carbons (Fsp3) is 0.0588. The number of aliphatic hydroxyl groups is 1. The standard InChI is InChI=1S/C17H14O2/c1-19-15-9-7-13-10-14(18)8-6-12-4-2-3-5-16(12)17(13)11-15/h2-11,18H,1H3/b8-6-,12-6?,13-10?,14-8?,14-10?,17-16?. The number of fused-ring (bicyclic) bond motifs is 3. The molecule has 0 atom stereocenters. The van der Waals surface area contributed by atoms with Crippen LogP contribution in [0.25, 0.3) is 23.3 Å². The Hall–Kier alpha value is -2.48. The number of methoxy groups -OCH3 is 1. The van der Waals surface area contributed by atoms with Crippen molar-refractivity contribution in [3.8, 4) is 16.9 Å². The Morgan fingerprint density at radius 1 is 0.895 bits per heavy atom.